The molecule has 1 aliphatic rings. The number of methoxy groups -OCH3 is 1. The summed E-state index contributed by atoms with van der Waals surface area (Å²) in [6.07, 6.45) is -5.34. The van der Waals surface area contributed by atoms with Gasteiger partial charge in [-0.3, -0.25) is 0 Å². The van der Waals surface area contributed by atoms with Gasteiger partial charge in [0.15, 0.2) is 6.10 Å². The number of carbonyl (C=O) groups excluding carboxylic acids is 1. The van der Waals surface area contributed by atoms with Crippen LogP contribution in [0.2, 0.25) is 0 Å². The largest absolute Gasteiger partial charge is 0.497 e. The second kappa shape index (κ2) is 5.76. The molecule has 1 aliphatic heterocycles. The molecule has 0 spiro atoms. The van der Waals surface area contributed by atoms with E-state index in [1.165, 1.54) is 6.07 Å². The fourth-order valence-electron chi connectivity index (χ4n) is 3.16. The highest BCUT2D eigenvalue weighted by Gasteiger charge is 2.37. The lowest BCUT2D eigenvalue weighted by molar-refractivity contribution is -0.137. The van der Waals surface area contributed by atoms with Gasteiger partial charge < -0.3 is 9.47 Å². The fourth-order valence-corrected chi connectivity index (χ4v) is 3.16. The number of benzene rings is 3. The minimum Gasteiger partial charge on any atom is -0.497 e. The minimum absolute atomic E-state index is 0.165. The lowest BCUT2D eigenvalue weighted by atomic mass is 9.95. The number of halogens is 3. The van der Waals surface area contributed by atoms with Crippen molar-refractivity contribution in [3.8, 4) is 5.75 Å². The molecule has 0 radical (unpaired) electrons. The maximum absolute atomic E-state index is 13.0. The van der Waals surface area contributed by atoms with E-state index >= 15 is 0 Å². The summed E-state index contributed by atoms with van der Waals surface area (Å²) in [5.41, 5.74) is 0.217. The number of cyclic esters (lactones) is 1. The van der Waals surface area contributed by atoms with Gasteiger partial charge in [-0.1, -0.05) is 18.2 Å². The standard InChI is InChI=1S/C20H13F3O3/c1-25-15-6-4-11-8-13(3-2-12(11)9-15)18-17-10-14(20(21,22)23)5-7-16(17)19(24)26-18/h2-10,18H,1H3. The smallest absolute Gasteiger partial charge is 0.416 e. The molecule has 1 unspecified atom stereocenters. The van der Waals surface area contributed by atoms with Crippen LogP contribution in [-0.2, 0) is 10.9 Å². The number of alkyl halides is 3. The fraction of sp³-hybridized carbons (Fsp3) is 0.150. The number of fused-ring (bicyclic) bond motifs is 2. The van der Waals surface area contributed by atoms with E-state index in [1.54, 1.807) is 19.2 Å². The summed E-state index contributed by atoms with van der Waals surface area (Å²) in [6, 6.07) is 13.9. The Labute approximate surface area is 147 Å². The first-order chi connectivity index (χ1) is 12.4. The van der Waals surface area contributed by atoms with Crippen molar-refractivity contribution in [2.24, 2.45) is 0 Å². The van der Waals surface area contributed by atoms with E-state index in [4.69, 9.17) is 9.47 Å². The van der Waals surface area contributed by atoms with E-state index in [1.807, 2.05) is 24.3 Å². The average molecular weight is 358 g/mol. The van der Waals surface area contributed by atoms with Crippen LogP contribution in [0.3, 0.4) is 0 Å². The second-order valence-corrected chi connectivity index (χ2v) is 6.06. The summed E-state index contributed by atoms with van der Waals surface area (Å²) in [5.74, 6) is 0.0891. The van der Waals surface area contributed by atoms with Crippen LogP contribution in [0.1, 0.15) is 33.2 Å². The summed E-state index contributed by atoms with van der Waals surface area (Å²) in [5, 5.41) is 1.79. The van der Waals surface area contributed by atoms with E-state index < -0.39 is 23.8 Å². The summed E-state index contributed by atoms with van der Waals surface area (Å²) in [7, 11) is 1.57. The summed E-state index contributed by atoms with van der Waals surface area (Å²) in [4.78, 5) is 12.0. The van der Waals surface area contributed by atoms with Crippen LogP contribution in [0.4, 0.5) is 13.2 Å². The zero-order valence-electron chi connectivity index (χ0n) is 13.6. The highest BCUT2D eigenvalue weighted by Crippen LogP contribution is 2.40. The molecule has 3 aromatic rings. The van der Waals surface area contributed by atoms with Crippen LogP contribution in [0.25, 0.3) is 10.8 Å². The lowest BCUT2D eigenvalue weighted by Crippen LogP contribution is -2.07. The van der Waals surface area contributed by atoms with E-state index in [0.29, 0.717) is 11.3 Å². The maximum atomic E-state index is 13.0. The third-order valence-electron chi connectivity index (χ3n) is 4.48. The predicted octanol–water partition coefficient (Wildman–Crippen LogP) is 5.13. The molecule has 0 amide bonds. The van der Waals surface area contributed by atoms with Crippen molar-refractivity contribution in [1.82, 2.24) is 0 Å². The van der Waals surface area contributed by atoms with Crippen LogP contribution >= 0.6 is 0 Å². The van der Waals surface area contributed by atoms with Gasteiger partial charge in [0.25, 0.3) is 0 Å². The van der Waals surface area contributed by atoms with Crippen LogP contribution in [0.5, 0.6) is 5.75 Å². The van der Waals surface area contributed by atoms with Crippen molar-refractivity contribution in [3.63, 3.8) is 0 Å². The molecule has 0 aromatic heterocycles. The lowest BCUT2D eigenvalue weighted by Gasteiger charge is -2.14. The van der Waals surface area contributed by atoms with E-state index in [2.05, 4.69) is 0 Å². The molecular weight excluding hydrogens is 345 g/mol. The number of hydrogen-bond acceptors (Lipinski definition) is 3. The zero-order chi connectivity index (χ0) is 18.5. The molecule has 3 aromatic carbocycles. The van der Waals surface area contributed by atoms with Gasteiger partial charge in [0, 0.05) is 5.56 Å². The summed E-state index contributed by atoms with van der Waals surface area (Å²) >= 11 is 0. The predicted molar refractivity (Wildman–Crippen MR) is 89.2 cm³/mol. The van der Waals surface area contributed by atoms with Gasteiger partial charge in [-0.2, -0.15) is 13.2 Å². The van der Waals surface area contributed by atoms with Gasteiger partial charge in [-0.15, -0.1) is 0 Å². The Hall–Kier alpha value is -3.02. The monoisotopic (exact) mass is 358 g/mol. The molecule has 4 rings (SSSR count). The molecule has 6 heteroatoms. The molecule has 0 N–H and O–H groups in total. The SMILES string of the molecule is COc1ccc2cc(C3OC(=O)c4ccc(C(F)(F)F)cc43)ccc2c1. The molecule has 0 bridgehead atoms. The Morgan fingerprint density at radius 1 is 0.962 bits per heavy atom. The first kappa shape index (κ1) is 16.4. The number of esters is 1. The van der Waals surface area contributed by atoms with Gasteiger partial charge in [-0.25, -0.2) is 4.79 Å². The first-order valence-electron chi connectivity index (χ1n) is 7.86. The molecule has 1 atom stereocenters. The van der Waals surface area contributed by atoms with Gasteiger partial charge in [0.05, 0.1) is 18.2 Å². The highest BCUT2D eigenvalue weighted by molar-refractivity contribution is 5.95. The number of rotatable bonds is 2. The van der Waals surface area contributed by atoms with Gasteiger partial charge >= 0.3 is 12.1 Å². The Morgan fingerprint density at radius 2 is 1.69 bits per heavy atom. The maximum Gasteiger partial charge on any atom is 0.416 e. The normalized spacial score (nSPS) is 16.5. The van der Waals surface area contributed by atoms with Gasteiger partial charge in [-0.05, 0) is 52.7 Å². The Morgan fingerprint density at radius 3 is 2.42 bits per heavy atom. The number of hydrogen-bond donors (Lipinski definition) is 0. The van der Waals surface area contributed by atoms with Crippen molar-refractivity contribution in [2.75, 3.05) is 7.11 Å². The molecule has 0 aliphatic carbocycles. The molecule has 0 fully saturated rings. The van der Waals surface area contributed by atoms with E-state index in [0.717, 1.165) is 22.9 Å². The topological polar surface area (TPSA) is 35.5 Å². The molecule has 132 valence electrons. The Balaban J connectivity index is 1.80. The van der Waals surface area contributed by atoms with Crippen LogP contribution in [-0.4, -0.2) is 13.1 Å². The van der Waals surface area contributed by atoms with Crippen molar-refractivity contribution >= 4 is 16.7 Å². The Bertz CT molecular complexity index is 1020. The first-order valence-corrected chi connectivity index (χ1v) is 7.86. The van der Waals surface area contributed by atoms with Gasteiger partial charge in [0.2, 0.25) is 0 Å². The third kappa shape index (κ3) is 2.67. The highest BCUT2D eigenvalue weighted by atomic mass is 19.4. The third-order valence-corrected chi connectivity index (χ3v) is 4.48. The molecule has 26 heavy (non-hydrogen) atoms. The van der Waals surface area contributed by atoms with Crippen molar-refractivity contribution in [3.05, 3.63) is 76.9 Å². The summed E-state index contributed by atoms with van der Waals surface area (Å²) in [6.45, 7) is 0. The molecule has 1 heterocycles. The molecule has 0 saturated carbocycles. The van der Waals surface area contributed by atoms with Gasteiger partial charge in [0.1, 0.15) is 5.75 Å². The van der Waals surface area contributed by atoms with Crippen LogP contribution in [0.15, 0.2) is 54.6 Å². The van der Waals surface area contributed by atoms with E-state index in [-0.39, 0.29) is 11.1 Å². The van der Waals surface area contributed by atoms with E-state index in [9.17, 15) is 18.0 Å². The average Bonchev–Trinajstić information content (AvgIpc) is 2.96. The van der Waals surface area contributed by atoms with Crippen LogP contribution in [0, 0.1) is 0 Å². The molecular formula is C20H13F3O3. The second-order valence-electron chi connectivity index (χ2n) is 6.06. The van der Waals surface area contributed by atoms with Crippen molar-refractivity contribution in [1.29, 1.82) is 0 Å². The molecule has 0 saturated heterocycles. The Kier molecular flexibility index (Phi) is 3.64. The number of ether oxygens (including phenoxy) is 2. The number of carbonyl (C=O) groups is 1. The minimum atomic E-state index is -4.48. The quantitative estimate of drug-likeness (QED) is 0.596. The van der Waals surface area contributed by atoms with Crippen LogP contribution < -0.4 is 4.74 Å². The van der Waals surface area contributed by atoms with Crippen molar-refractivity contribution < 1.29 is 27.4 Å². The molecule has 3 nitrogen and oxygen atoms in total. The zero-order valence-corrected chi connectivity index (χ0v) is 13.6. The van der Waals surface area contributed by atoms with Crippen molar-refractivity contribution in [2.45, 2.75) is 12.3 Å². The summed E-state index contributed by atoms with van der Waals surface area (Å²) < 4.78 is 49.6.